The third-order valence-electron chi connectivity index (χ3n) is 3.80. The van der Waals surface area contributed by atoms with Crippen LogP contribution in [0.4, 0.5) is 24.5 Å². The molecule has 0 aliphatic rings. The zero-order chi connectivity index (χ0) is 20.5. The SMILES string of the molecule is Cc1nc(-c2ccc(C(F)(F)F)cc2)sc1C(=O)Nc1ccc([N+](=O)[O-])cc1. The molecule has 144 valence electrons. The van der Waals surface area contributed by atoms with E-state index in [4.69, 9.17) is 0 Å². The zero-order valence-corrected chi connectivity index (χ0v) is 15.1. The Kier molecular flexibility index (Phi) is 5.14. The first-order valence-corrected chi connectivity index (χ1v) is 8.67. The zero-order valence-electron chi connectivity index (χ0n) is 14.3. The number of thiazole rings is 1. The molecule has 0 unspecified atom stereocenters. The highest BCUT2D eigenvalue weighted by molar-refractivity contribution is 7.17. The molecule has 0 aliphatic heterocycles. The lowest BCUT2D eigenvalue weighted by Gasteiger charge is -2.06. The number of nitrogens with one attached hydrogen (secondary N) is 1. The molecule has 0 atom stereocenters. The molecule has 0 bridgehead atoms. The van der Waals surface area contributed by atoms with Gasteiger partial charge in [0.05, 0.1) is 16.2 Å². The van der Waals surface area contributed by atoms with Crippen molar-refractivity contribution in [1.29, 1.82) is 0 Å². The number of hydrogen-bond donors (Lipinski definition) is 1. The van der Waals surface area contributed by atoms with Crippen LogP contribution in [0.2, 0.25) is 0 Å². The lowest BCUT2D eigenvalue weighted by Crippen LogP contribution is -2.11. The maximum absolute atomic E-state index is 12.7. The smallest absolute Gasteiger partial charge is 0.321 e. The number of rotatable bonds is 4. The maximum Gasteiger partial charge on any atom is 0.416 e. The topological polar surface area (TPSA) is 85.1 Å². The van der Waals surface area contributed by atoms with E-state index in [9.17, 15) is 28.1 Å². The van der Waals surface area contributed by atoms with Crippen LogP contribution in [0.3, 0.4) is 0 Å². The van der Waals surface area contributed by atoms with Crippen LogP contribution < -0.4 is 5.32 Å². The molecule has 0 fully saturated rings. The van der Waals surface area contributed by atoms with E-state index in [0.717, 1.165) is 23.5 Å². The Morgan fingerprint density at radius 3 is 2.25 bits per heavy atom. The molecule has 3 rings (SSSR count). The van der Waals surface area contributed by atoms with Crippen molar-refractivity contribution in [3.63, 3.8) is 0 Å². The predicted molar refractivity (Wildman–Crippen MR) is 98.3 cm³/mol. The lowest BCUT2D eigenvalue weighted by atomic mass is 10.1. The molecule has 3 aromatic rings. The minimum Gasteiger partial charge on any atom is -0.321 e. The Bertz CT molecular complexity index is 1030. The van der Waals surface area contributed by atoms with Crippen LogP contribution in [0.1, 0.15) is 20.9 Å². The summed E-state index contributed by atoms with van der Waals surface area (Å²) in [5.74, 6) is -0.456. The number of halogens is 3. The van der Waals surface area contributed by atoms with Gasteiger partial charge in [-0.05, 0) is 31.2 Å². The molecule has 1 amide bonds. The molecule has 0 radical (unpaired) electrons. The number of carbonyl (C=O) groups excluding carboxylic acids is 1. The number of nitrogens with zero attached hydrogens (tertiary/aromatic N) is 2. The molecule has 1 aromatic heterocycles. The number of aromatic nitrogens is 1. The van der Waals surface area contributed by atoms with E-state index in [1.54, 1.807) is 6.92 Å². The molecular weight excluding hydrogens is 395 g/mol. The number of hydrogen-bond acceptors (Lipinski definition) is 5. The molecule has 0 spiro atoms. The maximum atomic E-state index is 12.7. The second-order valence-corrected chi connectivity index (χ2v) is 6.77. The van der Waals surface area contributed by atoms with E-state index >= 15 is 0 Å². The Balaban J connectivity index is 1.79. The molecule has 1 N–H and O–H groups in total. The number of carbonyl (C=O) groups is 1. The Labute approximate surface area is 160 Å². The number of anilines is 1. The minimum atomic E-state index is -4.42. The van der Waals surface area contributed by atoms with E-state index in [1.807, 2.05) is 0 Å². The van der Waals surface area contributed by atoms with Crippen LogP contribution in [-0.4, -0.2) is 15.8 Å². The van der Waals surface area contributed by atoms with Crippen LogP contribution in [-0.2, 0) is 6.18 Å². The van der Waals surface area contributed by atoms with Crippen molar-refractivity contribution < 1.29 is 22.9 Å². The molecule has 10 heteroatoms. The average Bonchev–Trinajstić information content (AvgIpc) is 3.03. The first-order chi connectivity index (χ1) is 13.1. The van der Waals surface area contributed by atoms with E-state index in [2.05, 4.69) is 10.3 Å². The van der Waals surface area contributed by atoms with E-state index in [-0.39, 0.29) is 5.69 Å². The van der Waals surface area contributed by atoms with Crippen molar-refractivity contribution >= 4 is 28.6 Å². The Hall–Kier alpha value is -3.27. The molecule has 28 heavy (non-hydrogen) atoms. The number of benzene rings is 2. The third kappa shape index (κ3) is 4.17. The van der Waals surface area contributed by atoms with Gasteiger partial charge in [0.1, 0.15) is 9.88 Å². The fraction of sp³-hybridized carbons (Fsp3) is 0.111. The van der Waals surface area contributed by atoms with Crippen LogP contribution >= 0.6 is 11.3 Å². The van der Waals surface area contributed by atoms with Gasteiger partial charge < -0.3 is 5.32 Å². The van der Waals surface area contributed by atoms with Crippen molar-refractivity contribution in [2.24, 2.45) is 0 Å². The lowest BCUT2D eigenvalue weighted by molar-refractivity contribution is -0.384. The van der Waals surface area contributed by atoms with Gasteiger partial charge >= 0.3 is 6.18 Å². The largest absolute Gasteiger partial charge is 0.416 e. The summed E-state index contributed by atoms with van der Waals surface area (Å²) < 4.78 is 38.0. The van der Waals surface area contributed by atoms with Crippen LogP contribution in [0.15, 0.2) is 48.5 Å². The van der Waals surface area contributed by atoms with E-state index in [0.29, 0.717) is 26.8 Å². The predicted octanol–water partition coefficient (Wildman–Crippen LogP) is 5.30. The summed E-state index contributed by atoms with van der Waals surface area (Å²) >= 11 is 1.05. The van der Waals surface area contributed by atoms with Crippen molar-refractivity contribution in [3.05, 3.63) is 74.8 Å². The number of amides is 1. The van der Waals surface area contributed by atoms with Gasteiger partial charge in [0.15, 0.2) is 0 Å². The first-order valence-electron chi connectivity index (χ1n) is 7.86. The monoisotopic (exact) mass is 407 g/mol. The summed E-state index contributed by atoms with van der Waals surface area (Å²) in [5, 5.41) is 13.7. The summed E-state index contributed by atoms with van der Waals surface area (Å²) in [6.45, 7) is 1.62. The van der Waals surface area contributed by atoms with Crippen LogP contribution in [0.25, 0.3) is 10.6 Å². The summed E-state index contributed by atoms with van der Waals surface area (Å²) in [4.78, 5) is 27.1. The van der Waals surface area contributed by atoms with E-state index < -0.39 is 22.6 Å². The van der Waals surface area contributed by atoms with Crippen LogP contribution in [0.5, 0.6) is 0 Å². The fourth-order valence-electron chi connectivity index (χ4n) is 2.39. The highest BCUT2D eigenvalue weighted by atomic mass is 32.1. The molecule has 0 saturated carbocycles. The second-order valence-electron chi connectivity index (χ2n) is 5.77. The fourth-order valence-corrected chi connectivity index (χ4v) is 3.35. The van der Waals surface area contributed by atoms with Gasteiger partial charge in [-0.3, -0.25) is 14.9 Å². The van der Waals surface area contributed by atoms with Gasteiger partial charge in [-0.1, -0.05) is 12.1 Å². The number of alkyl halides is 3. The highest BCUT2D eigenvalue weighted by Gasteiger charge is 2.30. The molecule has 0 aliphatic carbocycles. The molecule has 2 aromatic carbocycles. The van der Waals surface area contributed by atoms with Gasteiger partial charge in [-0.15, -0.1) is 11.3 Å². The summed E-state index contributed by atoms with van der Waals surface area (Å²) in [6.07, 6.45) is -4.42. The molecular formula is C18H12F3N3O3S. The van der Waals surface area contributed by atoms with Gasteiger partial charge in [0, 0.05) is 23.4 Å². The quantitative estimate of drug-likeness (QED) is 0.470. The van der Waals surface area contributed by atoms with Crippen molar-refractivity contribution in [2.45, 2.75) is 13.1 Å². The third-order valence-corrected chi connectivity index (χ3v) is 5.00. The normalized spacial score (nSPS) is 11.3. The number of nitro groups is 1. The van der Waals surface area contributed by atoms with E-state index in [1.165, 1.54) is 36.4 Å². The minimum absolute atomic E-state index is 0.100. The van der Waals surface area contributed by atoms with Gasteiger partial charge in [0.25, 0.3) is 11.6 Å². The first kappa shape index (κ1) is 19.5. The van der Waals surface area contributed by atoms with Gasteiger partial charge in [-0.25, -0.2) is 4.98 Å². The molecule has 1 heterocycles. The number of aryl methyl sites for hydroxylation is 1. The van der Waals surface area contributed by atoms with Crippen molar-refractivity contribution in [1.82, 2.24) is 4.98 Å². The number of non-ortho nitro benzene ring substituents is 1. The van der Waals surface area contributed by atoms with Crippen molar-refractivity contribution in [3.8, 4) is 10.6 Å². The Morgan fingerprint density at radius 2 is 1.71 bits per heavy atom. The second kappa shape index (κ2) is 7.39. The van der Waals surface area contributed by atoms with Crippen molar-refractivity contribution in [2.75, 3.05) is 5.32 Å². The number of nitro benzene ring substituents is 1. The summed E-state index contributed by atoms with van der Waals surface area (Å²) in [7, 11) is 0. The Morgan fingerprint density at radius 1 is 1.11 bits per heavy atom. The molecule has 6 nitrogen and oxygen atoms in total. The highest BCUT2D eigenvalue weighted by Crippen LogP contribution is 2.33. The summed E-state index contributed by atoms with van der Waals surface area (Å²) in [5.41, 5.74) is 0.409. The van der Waals surface area contributed by atoms with Gasteiger partial charge in [0.2, 0.25) is 0 Å². The summed E-state index contributed by atoms with van der Waals surface area (Å²) in [6, 6.07) is 9.88. The standard InChI is InChI=1S/C18H12F3N3O3S/c1-10-15(16(25)23-13-6-8-14(9-7-13)24(26)27)28-17(22-10)11-2-4-12(5-3-11)18(19,20)21/h2-9H,1H3,(H,23,25). The van der Waals surface area contributed by atoms with Gasteiger partial charge in [-0.2, -0.15) is 13.2 Å². The molecule has 0 saturated heterocycles. The average molecular weight is 407 g/mol. The van der Waals surface area contributed by atoms with Crippen LogP contribution in [0, 0.1) is 17.0 Å².